The van der Waals surface area contributed by atoms with Gasteiger partial charge in [-0.15, -0.1) is 0 Å². The quantitative estimate of drug-likeness (QED) is 0.273. The number of hydrogen-bond donors (Lipinski definition) is 2. The number of carbonyl (C=O) groups excluding carboxylic acids is 1. The smallest absolute Gasteiger partial charge is 0.302 e. The molecule has 3 aromatic rings. The molecule has 37 heavy (non-hydrogen) atoms. The summed E-state index contributed by atoms with van der Waals surface area (Å²) in [5, 5.41) is 26.4. The van der Waals surface area contributed by atoms with Gasteiger partial charge in [0, 0.05) is 12.7 Å². The van der Waals surface area contributed by atoms with E-state index in [1.165, 1.54) is 32.2 Å². The SMILES string of the molecule is COCC[n+]1cc(NC(=O)CSc2nc(N)c(C#N)c(-c3cc(OC)c(OC)c(OC)c3)c2C#N)on1. The van der Waals surface area contributed by atoms with E-state index in [1.807, 2.05) is 6.07 Å². The predicted molar refractivity (Wildman–Crippen MR) is 131 cm³/mol. The molecule has 0 saturated heterocycles. The number of ether oxygens (including phenoxy) is 4. The second-order valence-corrected chi connectivity index (χ2v) is 8.19. The molecule has 2 aromatic heterocycles. The topological polar surface area (TPSA) is 182 Å². The van der Waals surface area contributed by atoms with E-state index in [1.54, 1.807) is 19.2 Å². The van der Waals surface area contributed by atoms with E-state index < -0.39 is 5.91 Å². The van der Waals surface area contributed by atoms with Crippen molar-refractivity contribution in [1.82, 2.24) is 10.3 Å². The summed E-state index contributed by atoms with van der Waals surface area (Å²) in [6, 6.07) is 7.30. The monoisotopic (exact) mass is 526 g/mol. The first-order valence-corrected chi connectivity index (χ1v) is 11.6. The molecule has 0 aliphatic rings. The summed E-state index contributed by atoms with van der Waals surface area (Å²) in [4.78, 5) is 16.7. The minimum atomic E-state index is -0.428. The third kappa shape index (κ3) is 6.00. The van der Waals surface area contributed by atoms with Crippen LogP contribution in [0.5, 0.6) is 17.2 Å². The number of nitriles is 2. The van der Waals surface area contributed by atoms with Gasteiger partial charge in [0.05, 0.1) is 32.6 Å². The lowest BCUT2D eigenvalue weighted by Gasteiger charge is -2.17. The number of nitrogens with zero attached hydrogens (tertiary/aromatic N) is 5. The molecule has 0 saturated carbocycles. The molecule has 3 N–H and O–H groups in total. The molecule has 0 atom stereocenters. The third-order valence-corrected chi connectivity index (χ3v) is 5.98. The van der Waals surface area contributed by atoms with Crippen molar-refractivity contribution >= 4 is 29.4 Å². The molecule has 192 valence electrons. The van der Waals surface area contributed by atoms with Gasteiger partial charge >= 0.3 is 5.88 Å². The van der Waals surface area contributed by atoms with Crippen LogP contribution < -0.4 is 29.9 Å². The number of nitrogens with one attached hydrogen (secondary N) is 1. The van der Waals surface area contributed by atoms with Crippen LogP contribution in [0, 0.1) is 22.7 Å². The van der Waals surface area contributed by atoms with E-state index in [0.717, 1.165) is 11.8 Å². The van der Waals surface area contributed by atoms with Crippen molar-refractivity contribution in [2.24, 2.45) is 0 Å². The summed E-state index contributed by atoms with van der Waals surface area (Å²) < 4.78 is 27.7. The lowest BCUT2D eigenvalue weighted by Crippen LogP contribution is -2.36. The Hall–Kier alpha value is -4.53. The van der Waals surface area contributed by atoms with Crippen molar-refractivity contribution in [3.05, 3.63) is 29.5 Å². The number of hydrogen-bond acceptors (Lipinski definition) is 12. The molecule has 1 amide bonds. The standard InChI is InChI=1S/C23H23N7O6S/c1-32-6-5-30-11-19(36-29-30)27-18(31)12-37-23-15(10-25)20(14(9-24)22(26)28-23)13-7-16(33-2)21(35-4)17(8-13)34-3/h7-8,11H,5-6,12H2,1-4H3,(H2-,26,27,28,29,31)/p+1. The number of amides is 1. The van der Waals surface area contributed by atoms with Crippen LogP contribution in [-0.2, 0) is 16.1 Å². The van der Waals surface area contributed by atoms with Crippen molar-refractivity contribution in [2.75, 3.05) is 51.8 Å². The van der Waals surface area contributed by atoms with Crippen LogP contribution in [0.3, 0.4) is 0 Å². The van der Waals surface area contributed by atoms with Gasteiger partial charge in [-0.05, 0) is 22.4 Å². The van der Waals surface area contributed by atoms with Crippen LogP contribution in [0.25, 0.3) is 11.1 Å². The summed E-state index contributed by atoms with van der Waals surface area (Å²) in [5.41, 5.74) is 6.80. The van der Waals surface area contributed by atoms with Crippen molar-refractivity contribution in [1.29, 1.82) is 10.5 Å². The number of benzene rings is 1. The van der Waals surface area contributed by atoms with E-state index >= 15 is 0 Å². The van der Waals surface area contributed by atoms with E-state index in [9.17, 15) is 15.3 Å². The third-order valence-electron chi connectivity index (χ3n) is 5.01. The molecule has 0 aliphatic heterocycles. The van der Waals surface area contributed by atoms with Crippen LogP contribution in [0.15, 0.2) is 27.9 Å². The van der Waals surface area contributed by atoms with E-state index in [2.05, 4.69) is 21.6 Å². The Bertz CT molecular complexity index is 1350. The number of nitrogens with two attached hydrogens (primary N) is 1. The van der Waals surface area contributed by atoms with Crippen LogP contribution >= 0.6 is 11.8 Å². The molecule has 3 rings (SSSR count). The number of thioether (sulfide) groups is 1. The number of rotatable bonds is 11. The highest BCUT2D eigenvalue weighted by atomic mass is 32.2. The summed E-state index contributed by atoms with van der Waals surface area (Å²) in [5.74, 6) is 0.487. The molecule has 2 heterocycles. The fourth-order valence-electron chi connectivity index (χ4n) is 3.35. The highest BCUT2D eigenvalue weighted by molar-refractivity contribution is 8.00. The molecule has 0 spiro atoms. The Morgan fingerprint density at radius 1 is 1.14 bits per heavy atom. The van der Waals surface area contributed by atoms with E-state index in [0.29, 0.717) is 36.0 Å². The molecular weight excluding hydrogens is 502 g/mol. The average molecular weight is 527 g/mol. The maximum Gasteiger partial charge on any atom is 0.302 e. The number of methoxy groups -OCH3 is 4. The Kier molecular flexibility index (Phi) is 9.10. The van der Waals surface area contributed by atoms with Gasteiger partial charge in [0.2, 0.25) is 23.5 Å². The first-order valence-electron chi connectivity index (χ1n) is 10.6. The molecule has 0 radical (unpaired) electrons. The minimum absolute atomic E-state index is 0.00176. The van der Waals surface area contributed by atoms with Gasteiger partial charge in [-0.1, -0.05) is 11.8 Å². The molecule has 14 heteroatoms. The fraction of sp³-hybridized carbons (Fsp3) is 0.304. The van der Waals surface area contributed by atoms with Gasteiger partial charge in [-0.25, -0.2) is 4.98 Å². The summed E-state index contributed by atoms with van der Waals surface area (Å²) in [7, 11) is 5.92. The number of anilines is 2. The lowest BCUT2D eigenvalue weighted by atomic mass is 9.96. The van der Waals surface area contributed by atoms with Gasteiger partial charge in [0.1, 0.15) is 35.2 Å². The first-order chi connectivity index (χ1) is 17.9. The van der Waals surface area contributed by atoms with Gasteiger partial charge in [0.25, 0.3) is 6.20 Å². The van der Waals surface area contributed by atoms with Gasteiger partial charge < -0.3 is 24.7 Å². The van der Waals surface area contributed by atoms with Crippen LogP contribution in [-0.4, -0.2) is 57.0 Å². The zero-order chi connectivity index (χ0) is 26.9. The van der Waals surface area contributed by atoms with E-state index in [4.69, 9.17) is 29.2 Å². The van der Waals surface area contributed by atoms with Crippen molar-refractivity contribution in [3.63, 3.8) is 0 Å². The summed E-state index contributed by atoms with van der Waals surface area (Å²) in [6.45, 7) is 0.881. The molecule has 1 aromatic carbocycles. The molecule has 13 nitrogen and oxygen atoms in total. The Morgan fingerprint density at radius 2 is 1.81 bits per heavy atom. The van der Waals surface area contributed by atoms with Crippen molar-refractivity contribution < 1.29 is 32.9 Å². The van der Waals surface area contributed by atoms with Gasteiger partial charge in [-0.3, -0.25) is 14.6 Å². The average Bonchev–Trinajstić information content (AvgIpc) is 3.36. The molecular formula is C23H24N7O6S+. The Morgan fingerprint density at radius 3 is 2.38 bits per heavy atom. The van der Waals surface area contributed by atoms with Crippen molar-refractivity contribution in [2.45, 2.75) is 11.6 Å². The van der Waals surface area contributed by atoms with Gasteiger partial charge in [-0.2, -0.15) is 10.5 Å². The van der Waals surface area contributed by atoms with E-state index in [-0.39, 0.29) is 39.2 Å². The lowest BCUT2D eigenvalue weighted by molar-refractivity contribution is -0.763. The number of nitrogen functional groups attached to an aromatic ring is 1. The fourth-order valence-corrected chi connectivity index (χ4v) is 4.14. The highest BCUT2D eigenvalue weighted by Crippen LogP contribution is 2.44. The largest absolute Gasteiger partial charge is 0.493 e. The molecule has 0 aliphatic carbocycles. The van der Waals surface area contributed by atoms with Gasteiger partial charge in [0.15, 0.2) is 11.5 Å². The number of aromatic nitrogens is 3. The minimum Gasteiger partial charge on any atom is -0.493 e. The Balaban J connectivity index is 1.95. The second kappa shape index (κ2) is 12.4. The summed E-state index contributed by atoms with van der Waals surface area (Å²) in [6.07, 6.45) is 1.52. The second-order valence-electron chi connectivity index (χ2n) is 7.22. The normalized spacial score (nSPS) is 10.3. The number of carbonyl (C=O) groups is 1. The first kappa shape index (κ1) is 27.1. The maximum absolute atomic E-state index is 12.5. The highest BCUT2D eigenvalue weighted by Gasteiger charge is 2.24. The molecule has 0 bridgehead atoms. The zero-order valence-electron chi connectivity index (χ0n) is 20.5. The Labute approximate surface area is 216 Å². The molecule has 0 fully saturated rings. The molecule has 0 unspecified atom stereocenters. The summed E-state index contributed by atoms with van der Waals surface area (Å²) >= 11 is 0.978. The van der Waals surface area contributed by atoms with Crippen molar-refractivity contribution in [3.8, 4) is 40.5 Å². The van der Waals surface area contributed by atoms with Crippen LogP contribution in [0.2, 0.25) is 0 Å². The maximum atomic E-state index is 12.5. The zero-order valence-corrected chi connectivity index (χ0v) is 21.3. The van der Waals surface area contributed by atoms with Crippen LogP contribution in [0.1, 0.15) is 11.1 Å². The van der Waals surface area contributed by atoms with Crippen LogP contribution in [0.4, 0.5) is 11.7 Å². The predicted octanol–water partition coefficient (Wildman–Crippen LogP) is 1.75. The number of pyridine rings is 1.